The number of amides is 2. The molecule has 0 saturated heterocycles. The monoisotopic (exact) mass is 441 g/mol. The summed E-state index contributed by atoms with van der Waals surface area (Å²) in [4.78, 5) is 24.6. The summed E-state index contributed by atoms with van der Waals surface area (Å²) in [7, 11) is 0. The molecule has 0 spiro atoms. The number of hydrogen-bond donors (Lipinski definition) is 2. The molecule has 2 amide bonds. The standard InChI is InChI=1S/C16H16IN3O2S/c1-11(19-20-16(22)10-14-6-3-7-23-14)8-15(21)18-13-5-2-4-12(17)9-13/h2-7,9H,8,10H2,1H3,(H,18,21)(H,20,22)/b19-11-. The van der Waals surface area contributed by atoms with Crippen LogP contribution in [0.2, 0.25) is 0 Å². The Morgan fingerprint density at radius 2 is 2.04 bits per heavy atom. The highest BCUT2D eigenvalue weighted by Gasteiger charge is 2.07. The van der Waals surface area contributed by atoms with E-state index in [4.69, 9.17) is 0 Å². The number of anilines is 1. The third-order valence-corrected chi connectivity index (χ3v) is 4.36. The summed E-state index contributed by atoms with van der Waals surface area (Å²) in [6.07, 6.45) is 0.424. The number of rotatable bonds is 6. The van der Waals surface area contributed by atoms with Gasteiger partial charge in [0, 0.05) is 19.8 Å². The Kier molecular flexibility index (Phi) is 6.72. The average molecular weight is 441 g/mol. The van der Waals surface area contributed by atoms with Crippen molar-refractivity contribution in [1.29, 1.82) is 0 Å². The summed E-state index contributed by atoms with van der Waals surface area (Å²) in [5.41, 5.74) is 3.77. The molecule has 0 fully saturated rings. The van der Waals surface area contributed by atoms with Crippen molar-refractivity contribution in [2.24, 2.45) is 5.10 Å². The first-order chi connectivity index (χ1) is 11.0. The van der Waals surface area contributed by atoms with Crippen LogP contribution in [0.15, 0.2) is 46.9 Å². The van der Waals surface area contributed by atoms with E-state index in [1.807, 2.05) is 41.8 Å². The van der Waals surface area contributed by atoms with Gasteiger partial charge in [0.15, 0.2) is 0 Å². The Morgan fingerprint density at radius 3 is 2.74 bits per heavy atom. The minimum atomic E-state index is -0.190. The smallest absolute Gasteiger partial charge is 0.245 e. The fourth-order valence-corrected chi connectivity index (χ4v) is 3.06. The molecular weight excluding hydrogens is 425 g/mol. The fourth-order valence-electron chi connectivity index (χ4n) is 1.81. The Morgan fingerprint density at radius 1 is 1.22 bits per heavy atom. The number of halogens is 1. The minimum absolute atomic E-state index is 0.130. The zero-order valence-electron chi connectivity index (χ0n) is 12.5. The lowest BCUT2D eigenvalue weighted by Gasteiger charge is -2.06. The second kappa shape index (κ2) is 8.78. The molecule has 2 rings (SSSR count). The number of hydrazone groups is 1. The van der Waals surface area contributed by atoms with E-state index in [0.29, 0.717) is 12.1 Å². The maximum absolute atomic E-state index is 11.9. The van der Waals surface area contributed by atoms with Crippen molar-refractivity contribution in [1.82, 2.24) is 5.43 Å². The molecule has 0 unspecified atom stereocenters. The van der Waals surface area contributed by atoms with Crippen LogP contribution in [0.1, 0.15) is 18.2 Å². The summed E-state index contributed by atoms with van der Waals surface area (Å²) in [6.45, 7) is 1.71. The number of carbonyl (C=O) groups is 2. The highest BCUT2D eigenvalue weighted by atomic mass is 127. The van der Waals surface area contributed by atoms with Crippen LogP contribution in [0.4, 0.5) is 5.69 Å². The predicted octanol–water partition coefficient (Wildman–Crippen LogP) is 3.42. The van der Waals surface area contributed by atoms with Gasteiger partial charge >= 0.3 is 0 Å². The second-order valence-corrected chi connectivity index (χ2v) is 7.15. The Labute approximate surface area is 152 Å². The molecule has 0 radical (unpaired) electrons. The van der Waals surface area contributed by atoms with E-state index >= 15 is 0 Å². The third kappa shape index (κ3) is 6.49. The molecule has 0 atom stereocenters. The van der Waals surface area contributed by atoms with Crippen molar-refractivity contribution in [3.63, 3.8) is 0 Å². The van der Waals surface area contributed by atoms with Crippen molar-refractivity contribution >= 4 is 57.1 Å². The molecule has 0 aliphatic heterocycles. The van der Waals surface area contributed by atoms with Gasteiger partial charge in [-0.25, -0.2) is 5.43 Å². The number of carbonyl (C=O) groups excluding carboxylic acids is 2. The fraction of sp³-hybridized carbons (Fsp3) is 0.188. The van der Waals surface area contributed by atoms with Crippen molar-refractivity contribution in [3.05, 3.63) is 50.2 Å². The van der Waals surface area contributed by atoms with Gasteiger partial charge in [0.05, 0.1) is 12.8 Å². The summed E-state index contributed by atoms with van der Waals surface area (Å²) >= 11 is 3.71. The maximum atomic E-state index is 11.9. The average Bonchev–Trinajstić information content (AvgIpc) is 2.98. The summed E-state index contributed by atoms with van der Waals surface area (Å²) < 4.78 is 1.05. The van der Waals surface area contributed by atoms with E-state index in [1.165, 1.54) is 11.3 Å². The van der Waals surface area contributed by atoms with E-state index in [1.54, 1.807) is 6.92 Å². The first kappa shape index (κ1) is 17.6. The van der Waals surface area contributed by atoms with Crippen LogP contribution in [0, 0.1) is 3.57 Å². The molecule has 2 N–H and O–H groups in total. The molecule has 120 valence electrons. The SMILES string of the molecule is C/C(CC(=O)Nc1cccc(I)c1)=N/NC(=O)Cc1cccs1. The van der Waals surface area contributed by atoms with E-state index in [9.17, 15) is 9.59 Å². The van der Waals surface area contributed by atoms with E-state index in [-0.39, 0.29) is 18.2 Å². The van der Waals surface area contributed by atoms with Crippen molar-refractivity contribution in [2.45, 2.75) is 19.8 Å². The molecule has 0 bridgehead atoms. The number of nitrogens with zero attached hydrogens (tertiary/aromatic N) is 1. The van der Waals surface area contributed by atoms with Gasteiger partial charge in [-0.15, -0.1) is 11.3 Å². The molecule has 5 nitrogen and oxygen atoms in total. The largest absolute Gasteiger partial charge is 0.326 e. The lowest BCUT2D eigenvalue weighted by Crippen LogP contribution is -2.22. The van der Waals surface area contributed by atoms with Crippen molar-refractivity contribution in [3.8, 4) is 0 Å². The number of benzene rings is 1. The molecule has 1 aromatic heterocycles. The third-order valence-electron chi connectivity index (χ3n) is 2.81. The molecule has 1 aromatic carbocycles. The molecule has 7 heteroatoms. The number of nitrogens with one attached hydrogen (secondary N) is 2. The highest BCUT2D eigenvalue weighted by Crippen LogP contribution is 2.12. The number of thiophene rings is 1. The summed E-state index contributed by atoms with van der Waals surface area (Å²) in [6, 6.07) is 11.3. The van der Waals surface area contributed by atoms with E-state index in [0.717, 1.165) is 14.1 Å². The van der Waals surface area contributed by atoms with E-state index < -0.39 is 0 Å². The van der Waals surface area contributed by atoms with Crippen LogP contribution >= 0.6 is 33.9 Å². The Hall–Kier alpha value is -1.74. The van der Waals surface area contributed by atoms with Crippen LogP contribution in [0.5, 0.6) is 0 Å². The van der Waals surface area contributed by atoms with E-state index in [2.05, 4.69) is 38.4 Å². The Balaban J connectivity index is 1.79. The van der Waals surface area contributed by atoms with Gasteiger partial charge in [-0.05, 0) is 59.2 Å². The van der Waals surface area contributed by atoms with Gasteiger partial charge in [-0.2, -0.15) is 5.10 Å². The van der Waals surface area contributed by atoms with Gasteiger partial charge in [0.2, 0.25) is 11.8 Å². The molecule has 0 saturated carbocycles. The van der Waals surface area contributed by atoms with Crippen LogP contribution in [0.3, 0.4) is 0 Å². The lowest BCUT2D eigenvalue weighted by atomic mass is 10.2. The van der Waals surface area contributed by atoms with Crippen LogP contribution in [-0.2, 0) is 16.0 Å². The predicted molar refractivity (Wildman–Crippen MR) is 102 cm³/mol. The maximum Gasteiger partial charge on any atom is 0.245 e. The van der Waals surface area contributed by atoms with Gasteiger partial charge in [-0.3, -0.25) is 9.59 Å². The van der Waals surface area contributed by atoms with Gasteiger partial charge in [0.25, 0.3) is 0 Å². The molecule has 1 heterocycles. The van der Waals surface area contributed by atoms with Gasteiger partial charge in [0.1, 0.15) is 0 Å². The normalized spacial score (nSPS) is 11.1. The summed E-state index contributed by atoms with van der Waals surface area (Å²) in [5, 5.41) is 8.69. The highest BCUT2D eigenvalue weighted by molar-refractivity contribution is 14.1. The summed E-state index contributed by atoms with van der Waals surface area (Å²) in [5.74, 6) is -0.356. The Bertz CT molecular complexity index is 714. The molecule has 2 aromatic rings. The molecular formula is C16H16IN3O2S. The minimum Gasteiger partial charge on any atom is -0.326 e. The van der Waals surface area contributed by atoms with Crippen LogP contribution < -0.4 is 10.7 Å². The molecule has 0 aliphatic carbocycles. The van der Waals surface area contributed by atoms with Crippen LogP contribution in [-0.4, -0.2) is 17.5 Å². The zero-order chi connectivity index (χ0) is 16.7. The first-order valence-corrected chi connectivity index (χ1v) is 8.88. The lowest BCUT2D eigenvalue weighted by molar-refractivity contribution is -0.120. The second-order valence-electron chi connectivity index (χ2n) is 4.87. The molecule has 0 aliphatic rings. The quantitative estimate of drug-likeness (QED) is 0.410. The zero-order valence-corrected chi connectivity index (χ0v) is 15.5. The topological polar surface area (TPSA) is 70.6 Å². The van der Waals surface area contributed by atoms with Crippen molar-refractivity contribution in [2.75, 3.05) is 5.32 Å². The van der Waals surface area contributed by atoms with Crippen LogP contribution in [0.25, 0.3) is 0 Å². The molecule has 23 heavy (non-hydrogen) atoms. The first-order valence-electron chi connectivity index (χ1n) is 6.93. The van der Waals surface area contributed by atoms with Crippen molar-refractivity contribution < 1.29 is 9.59 Å². The number of hydrogen-bond acceptors (Lipinski definition) is 4. The van der Waals surface area contributed by atoms with Gasteiger partial charge < -0.3 is 5.32 Å². The van der Waals surface area contributed by atoms with Gasteiger partial charge in [-0.1, -0.05) is 12.1 Å².